The number of H-pyrrole nitrogens is 1. The Hall–Kier alpha value is -2.45. The normalized spacial score (nSPS) is 17.9. The summed E-state index contributed by atoms with van der Waals surface area (Å²) < 4.78 is 3.20. The molecule has 2 aromatic rings. The van der Waals surface area contributed by atoms with Crippen LogP contribution in [-0.4, -0.2) is 46.9 Å². The van der Waals surface area contributed by atoms with E-state index in [2.05, 4.69) is 38.7 Å². The highest BCUT2D eigenvalue weighted by atomic mass is 16.2. The summed E-state index contributed by atoms with van der Waals surface area (Å²) in [6.07, 6.45) is 0. The summed E-state index contributed by atoms with van der Waals surface area (Å²) in [7, 11) is 1.50. The Labute approximate surface area is 127 Å². The first-order valence-corrected chi connectivity index (χ1v) is 7.24. The fraction of sp³-hybridized carbons (Fsp3) is 0.615. The topological polar surface area (TPSA) is 102 Å². The molecule has 3 rings (SSSR count). The van der Waals surface area contributed by atoms with Crippen molar-refractivity contribution in [2.45, 2.75) is 39.3 Å². The highest BCUT2D eigenvalue weighted by molar-refractivity contribution is 5.90. The van der Waals surface area contributed by atoms with Crippen LogP contribution < -0.4 is 5.69 Å². The predicted octanol–water partition coefficient (Wildman–Crippen LogP) is 0.0403. The van der Waals surface area contributed by atoms with Crippen LogP contribution in [0.25, 0.3) is 0 Å². The van der Waals surface area contributed by atoms with Gasteiger partial charge in [-0.15, -0.1) is 15.3 Å². The number of carbonyl (C=O) groups is 1. The minimum atomic E-state index is -0.404. The largest absolute Gasteiger partial charge is 0.343 e. The summed E-state index contributed by atoms with van der Waals surface area (Å²) in [5.41, 5.74) is -0.404. The maximum atomic E-state index is 12.5. The van der Waals surface area contributed by atoms with Crippen molar-refractivity contribution < 1.29 is 4.79 Å². The number of nitrogens with zero attached hydrogens (tertiary/aromatic N) is 6. The summed E-state index contributed by atoms with van der Waals surface area (Å²) in [4.78, 5) is 28.0. The molecule has 0 bridgehead atoms. The van der Waals surface area contributed by atoms with Gasteiger partial charge in [0.2, 0.25) is 5.82 Å². The van der Waals surface area contributed by atoms with E-state index in [9.17, 15) is 9.59 Å². The van der Waals surface area contributed by atoms with E-state index in [4.69, 9.17) is 0 Å². The first-order chi connectivity index (χ1) is 10.4. The molecule has 9 nitrogen and oxygen atoms in total. The van der Waals surface area contributed by atoms with Gasteiger partial charge in [-0.25, -0.2) is 9.48 Å². The zero-order chi connectivity index (χ0) is 16.0. The van der Waals surface area contributed by atoms with Crippen LogP contribution in [0.3, 0.4) is 0 Å². The van der Waals surface area contributed by atoms with Gasteiger partial charge in [-0.2, -0.15) is 0 Å². The average Bonchev–Trinajstić information content (AvgIpc) is 3.02. The van der Waals surface area contributed by atoms with Crippen LogP contribution >= 0.6 is 0 Å². The van der Waals surface area contributed by atoms with Crippen molar-refractivity contribution in [1.82, 2.24) is 34.4 Å². The first-order valence-electron chi connectivity index (χ1n) is 7.24. The molecule has 0 unspecified atom stereocenters. The number of hydrogen-bond acceptors (Lipinski definition) is 5. The number of aromatic amines is 1. The summed E-state index contributed by atoms with van der Waals surface area (Å²) in [6, 6.07) is 0.0792. The Balaban J connectivity index is 1.89. The Morgan fingerprint density at radius 2 is 2.09 bits per heavy atom. The number of amides is 1. The van der Waals surface area contributed by atoms with Gasteiger partial charge in [0.1, 0.15) is 5.82 Å². The lowest BCUT2D eigenvalue weighted by Crippen LogP contribution is -2.41. The van der Waals surface area contributed by atoms with E-state index >= 15 is 0 Å². The van der Waals surface area contributed by atoms with Gasteiger partial charge in [-0.3, -0.25) is 9.78 Å². The van der Waals surface area contributed by atoms with E-state index < -0.39 is 5.69 Å². The van der Waals surface area contributed by atoms with E-state index in [1.807, 2.05) is 6.92 Å². The van der Waals surface area contributed by atoms with Crippen LogP contribution in [0.5, 0.6) is 0 Å². The maximum absolute atomic E-state index is 12.5. The fourth-order valence-electron chi connectivity index (χ4n) is 2.76. The van der Waals surface area contributed by atoms with Crippen molar-refractivity contribution in [1.29, 1.82) is 0 Å². The van der Waals surface area contributed by atoms with Crippen molar-refractivity contribution in [3.63, 3.8) is 0 Å². The minimum absolute atomic E-state index is 0.0525. The van der Waals surface area contributed by atoms with Crippen molar-refractivity contribution in [3.8, 4) is 0 Å². The molecule has 0 fully saturated rings. The Bertz CT molecular complexity index is 770. The molecule has 9 heteroatoms. The Morgan fingerprint density at radius 1 is 1.36 bits per heavy atom. The van der Waals surface area contributed by atoms with Crippen molar-refractivity contribution >= 4 is 5.91 Å². The highest BCUT2D eigenvalue weighted by Crippen LogP contribution is 2.25. The number of nitrogens with one attached hydrogen (secondary N) is 1. The zero-order valence-corrected chi connectivity index (χ0v) is 13.1. The summed E-state index contributed by atoms with van der Waals surface area (Å²) in [5, 5.41) is 12.3. The molecule has 0 spiro atoms. The fourth-order valence-corrected chi connectivity index (χ4v) is 2.76. The molecule has 118 valence electrons. The molecule has 1 atom stereocenters. The van der Waals surface area contributed by atoms with Crippen LogP contribution in [0, 0.1) is 0 Å². The van der Waals surface area contributed by atoms with Gasteiger partial charge >= 0.3 is 5.69 Å². The van der Waals surface area contributed by atoms with Gasteiger partial charge in [0.25, 0.3) is 5.91 Å². The van der Waals surface area contributed by atoms with Gasteiger partial charge in [0.05, 0.1) is 12.6 Å². The predicted molar refractivity (Wildman–Crippen MR) is 77.4 cm³/mol. The van der Waals surface area contributed by atoms with Crippen LogP contribution in [0.1, 0.15) is 55.0 Å². The van der Waals surface area contributed by atoms with Crippen molar-refractivity contribution in [2.75, 3.05) is 6.54 Å². The lowest BCUT2D eigenvalue weighted by Gasteiger charge is -2.32. The number of hydrogen-bond donors (Lipinski definition) is 1. The third kappa shape index (κ3) is 2.22. The molecule has 1 aliphatic rings. The van der Waals surface area contributed by atoms with E-state index in [0.717, 1.165) is 16.3 Å². The monoisotopic (exact) mass is 305 g/mol. The third-order valence-electron chi connectivity index (χ3n) is 3.83. The third-order valence-corrected chi connectivity index (χ3v) is 3.83. The van der Waals surface area contributed by atoms with Gasteiger partial charge in [-0.1, -0.05) is 13.8 Å². The highest BCUT2D eigenvalue weighted by Gasteiger charge is 2.31. The number of carbonyl (C=O) groups excluding carboxylic acids is 1. The molecule has 1 aliphatic heterocycles. The lowest BCUT2D eigenvalue weighted by molar-refractivity contribution is 0.0666. The number of aryl methyl sites for hydroxylation is 1. The molecule has 0 saturated carbocycles. The van der Waals surface area contributed by atoms with Gasteiger partial charge < -0.3 is 9.47 Å². The van der Waals surface area contributed by atoms with Crippen LogP contribution in [0.4, 0.5) is 0 Å². The summed E-state index contributed by atoms with van der Waals surface area (Å²) >= 11 is 0. The van der Waals surface area contributed by atoms with Gasteiger partial charge in [0, 0.05) is 19.5 Å². The standard InChI is InChI=1S/C13H19N7O2/c1-7(2)11-16-15-9-6-19(5-8(3)20(9)11)12(21)10-14-13(22)18(4)17-10/h7-8H,5-6H2,1-4H3,(H,14,17,22)/t8-/m0/s1. The molecular formula is C13H19N7O2. The number of aromatic nitrogens is 6. The molecule has 0 saturated heterocycles. The van der Waals surface area contributed by atoms with Crippen LogP contribution in [-0.2, 0) is 13.6 Å². The molecule has 2 aromatic heterocycles. The molecule has 3 heterocycles. The smallest absolute Gasteiger partial charge is 0.326 e. The van der Waals surface area contributed by atoms with Gasteiger partial charge in [0.15, 0.2) is 5.82 Å². The molecular weight excluding hydrogens is 286 g/mol. The van der Waals surface area contributed by atoms with E-state index in [-0.39, 0.29) is 23.7 Å². The minimum Gasteiger partial charge on any atom is -0.326 e. The second-order valence-corrected chi connectivity index (χ2v) is 5.94. The van der Waals surface area contributed by atoms with E-state index in [0.29, 0.717) is 13.1 Å². The molecule has 22 heavy (non-hydrogen) atoms. The van der Waals surface area contributed by atoms with E-state index in [1.54, 1.807) is 4.90 Å². The molecule has 0 aliphatic carbocycles. The lowest BCUT2D eigenvalue weighted by atomic mass is 10.1. The Morgan fingerprint density at radius 3 is 2.68 bits per heavy atom. The number of rotatable bonds is 2. The van der Waals surface area contributed by atoms with Crippen molar-refractivity contribution in [2.24, 2.45) is 7.05 Å². The van der Waals surface area contributed by atoms with E-state index in [1.165, 1.54) is 7.05 Å². The summed E-state index contributed by atoms with van der Waals surface area (Å²) in [5.74, 6) is 1.72. The molecule has 1 N–H and O–H groups in total. The van der Waals surface area contributed by atoms with Crippen LogP contribution in [0.15, 0.2) is 4.79 Å². The quantitative estimate of drug-likeness (QED) is 0.844. The van der Waals surface area contributed by atoms with Gasteiger partial charge in [-0.05, 0) is 6.92 Å². The number of fused-ring (bicyclic) bond motifs is 1. The second-order valence-electron chi connectivity index (χ2n) is 5.94. The second kappa shape index (κ2) is 5.08. The molecule has 1 amide bonds. The Kier molecular flexibility index (Phi) is 3.34. The van der Waals surface area contributed by atoms with Crippen LogP contribution in [0.2, 0.25) is 0 Å². The maximum Gasteiger partial charge on any atom is 0.343 e. The SMILES string of the molecule is CC(C)c1nnc2n1[C@@H](C)CN(C(=O)c1nn(C)c(=O)[nH]1)C2. The zero-order valence-electron chi connectivity index (χ0n) is 13.1. The first kappa shape index (κ1) is 14.5. The molecule has 0 aromatic carbocycles. The van der Waals surface area contributed by atoms with Crippen molar-refractivity contribution in [3.05, 3.63) is 28.0 Å². The average molecular weight is 305 g/mol. The molecule has 0 radical (unpaired) electrons. The summed E-state index contributed by atoms with van der Waals surface area (Å²) in [6.45, 7) is 7.06.